The highest BCUT2D eigenvalue weighted by atomic mass is 16.2. The van der Waals surface area contributed by atoms with E-state index in [2.05, 4.69) is 10.5 Å². The third-order valence-electron chi connectivity index (χ3n) is 1.18. The topological polar surface area (TPSA) is 67.5 Å². The van der Waals surface area contributed by atoms with Gasteiger partial charge in [0.15, 0.2) is 0 Å². The summed E-state index contributed by atoms with van der Waals surface area (Å²) in [6.07, 6.45) is 0. The molecule has 0 aliphatic rings. The minimum absolute atomic E-state index is 0.0377. The Morgan fingerprint density at radius 2 is 2.18 bits per heavy atom. The summed E-state index contributed by atoms with van der Waals surface area (Å²) < 4.78 is 0. The fourth-order valence-electron chi connectivity index (χ4n) is 0.325. The number of nitrogens with one attached hydrogen (secondary N) is 1. The first-order valence-electron chi connectivity index (χ1n) is 3.61. The molecule has 0 fully saturated rings. The van der Waals surface area contributed by atoms with E-state index in [-0.39, 0.29) is 11.8 Å². The Morgan fingerprint density at radius 1 is 1.64 bits per heavy atom. The molecule has 0 saturated heterocycles. The van der Waals surface area contributed by atoms with Crippen LogP contribution in [0, 0.1) is 5.92 Å². The molecule has 64 valence electrons. The number of hydrazone groups is 1. The molecule has 0 heterocycles. The average molecular weight is 157 g/mol. The molecule has 0 aromatic heterocycles. The Balaban J connectivity index is 3.78. The van der Waals surface area contributed by atoms with Gasteiger partial charge in [-0.25, -0.2) is 5.43 Å². The molecule has 3 N–H and O–H groups in total. The minimum Gasteiger partial charge on any atom is -0.325 e. The first-order valence-corrected chi connectivity index (χ1v) is 3.61. The van der Waals surface area contributed by atoms with E-state index < -0.39 is 0 Å². The molecule has 11 heavy (non-hydrogen) atoms. The summed E-state index contributed by atoms with van der Waals surface area (Å²) >= 11 is 0. The van der Waals surface area contributed by atoms with E-state index >= 15 is 0 Å². The van der Waals surface area contributed by atoms with Crippen LogP contribution in [0.15, 0.2) is 5.10 Å². The SMILES string of the molecule is C/C(CN)=N\NC(=O)C(C)C. The molecule has 0 spiro atoms. The number of rotatable bonds is 3. The monoisotopic (exact) mass is 157 g/mol. The van der Waals surface area contributed by atoms with Crippen LogP contribution in [-0.4, -0.2) is 18.2 Å². The van der Waals surface area contributed by atoms with Crippen molar-refractivity contribution >= 4 is 11.6 Å². The highest BCUT2D eigenvalue weighted by molar-refractivity contribution is 5.86. The fourth-order valence-corrected chi connectivity index (χ4v) is 0.325. The highest BCUT2D eigenvalue weighted by Crippen LogP contribution is 1.89. The van der Waals surface area contributed by atoms with Gasteiger partial charge in [0.2, 0.25) is 5.91 Å². The molecule has 0 radical (unpaired) electrons. The first-order chi connectivity index (χ1) is 5.07. The molecule has 0 saturated carbocycles. The van der Waals surface area contributed by atoms with E-state index in [9.17, 15) is 4.79 Å². The van der Waals surface area contributed by atoms with Crippen molar-refractivity contribution in [2.45, 2.75) is 20.8 Å². The summed E-state index contributed by atoms with van der Waals surface area (Å²) in [5.41, 5.74) is 8.38. The zero-order valence-electron chi connectivity index (χ0n) is 7.22. The van der Waals surface area contributed by atoms with Gasteiger partial charge in [0.1, 0.15) is 0 Å². The van der Waals surface area contributed by atoms with Gasteiger partial charge in [-0.2, -0.15) is 5.10 Å². The van der Waals surface area contributed by atoms with Crippen LogP contribution < -0.4 is 11.2 Å². The molecule has 4 heteroatoms. The number of nitrogens with zero attached hydrogens (tertiary/aromatic N) is 1. The van der Waals surface area contributed by atoms with Crippen molar-refractivity contribution in [3.8, 4) is 0 Å². The van der Waals surface area contributed by atoms with Crippen LogP contribution in [-0.2, 0) is 4.79 Å². The van der Waals surface area contributed by atoms with Crippen LogP contribution >= 0.6 is 0 Å². The summed E-state index contributed by atoms with van der Waals surface area (Å²) in [4.78, 5) is 10.9. The van der Waals surface area contributed by atoms with E-state index in [0.717, 1.165) is 5.71 Å². The van der Waals surface area contributed by atoms with Crippen molar-refractivity contribution in [3.05, 3.63) is 0 Å². The Hall–Kier alpha value is -0.900. The van der Waals surface area contributed by atoms with E-state index in [0.29, 0.717) is 6.54 Å². The van der Waals surface area contributed by atoms with Crippen molar-refractivity contribution in [2.24, 2.45) is 16.8 Å². The summed E-state index contributed by atoms with van der Waals surface area (Å²) in [7, 11) is 0. The van der Waals surface area contributed by atoms with E-state index in [4.69, 9.17) is 5.73 Å². The molecular weight excluding hydrogens is 142 g/mol. The number of nitrogens with two attached hydrogens (primary N) is 1. The summed E-state index contributed by atoms with van der Waals surface area (Å²) in [5, 5.41) is 3.76. The lowest BCUT2D eigenvalue weighted by Crippen LogP contribution is -2.25. The third-order valence-corrected chi connectivity index (χ3v) is 1.18. The normalized spacial score (nSPS) is 11.9. The Morgan fingerprint density at radius 3 is 2.55 bits per heavy atom. The van der Waals surface area contributed by atoms with Gasteiger partial charge in [-0.1, -0.05) is 13.8 Å². The van der Waals surface area contributed by atoms with Crippen molar-refractivity contribution in [1.29, 1.82) is 0 Å². The zero-order valence-corrected chi connectivity index (χ0v) is 7.22. The summed E-state index contributed by atoms with van der Waals surface area (Å²) in [5.74, 6) is -0.123. The van der Waals surface area contributed by atoms with Gasteiger partial charge >= 0.3 is 0 Å². The summed E-state index contributed by atoms with van der Waals surface area (Å²) in [6, 6.07) is 0. The molecule has 1 amide bonds. The summed E-state index contributed by atoms with van der Waals surface area (Å²) in [6.45, 7) is 5.75. The van der Waals surface area contributed by atoms with Gasteiger partial charge in [0.25, 0.3) is 0 Å². The smallest absolute Gasteiger partial charge is 0.242 e. The molecule has 0 aromatic rings. The second-order valence-corrected chi connectivity index (χ2v) is 2.68. The molecule has 0 bridgehead atoms. The lowest BCUT2D eigenvalue weighted by molar-refractivity contribution is -0.123. The largest absolute Gasteiger partial charge is 0.325 e. The molecule has 0 unspecified atom stereocenters. The predicted molar refractivity (Wildman–Crippen MR) is 45.1 cm³/mol. The third kappa shape index (κ3) is 4.50. The molecule has 0 aromatic carbocycles. The quantitative estimate of drug-likeness (QED) is 0.450. The Kier molecular flexibility index (Phi) is 4.45. The van der Waals surface area contributed by atoms with Gasteiger partial charge < -0.3 is 5.73 Å². The number of hydrogen-bond acceptors (Lipinski definition) is 3. The van der Waals surface area contributed by atoms with E-state index in [1.807, 2.05) is 13.8 Å². The van der Waals surface area contributed by atoms with Crippen molar-refractivity contribution in [2.75, 3.05) is 6.54 Å². The highest BCUT2D eigenvalue weighted by Gasteiger charge is 2.03. The van der Waals surface area contributed by atoms with Crippen molar-refractivity contribution in [3.63, 3.8) is 0 Å². The molecule has 0 aliphatic heterocycles. The maximum atomic E-state index is 10.9. The maximum absolute atomic E-state index is 10.9. The van der Waals surface area contributed by atoms with E-state index in [1.165, 1.54) is 0 Å². The van der Waals surface area contributed by atoms with Gasteiger partial charge in [0.05, 0.1) is 0 Å². The lowest BCUT2D eigenvalue weighted by atomic mass is 10.2. The molecule has 0 rings (SSSR count). The van der Waals surface area contributed by atoms with Crippen molar-refractivity contribution < 1.29 is 4.79 Å². The predicted octanol–water partition coefficient (Wildman–Crippen LogP) is 0.0932. The van der Waals surface area contributed by atoms with Crippen LogP contribution in [0.2, 0.25) is 0 Å². The molecular formula is C7H15N3O. The number of carbonyl (C=O) groups excluding carboxylic acids is 1. The van der Waals surface area contributed by atoms with Crippen LogP contribution in [0.3, 0.4) is 0 Å². The van der Waals surface area contributed by atoms with Crippen LogP contribution in [0.25, 0.3) is 0 Å². The Labute approximate surface area is 66.8 Å². The second kappa shape index (κ2) is 4.85. The fraction of sp³-hybridized carbons (Fsp3) is 0.714. The first kappa shape index (κ1) is 10.1. The van der Waals surface area contributed by atoms with Gasteiger partial charge in [0, 0.05) is 18.2 Å². The van der Waals surface area contributed by atoms with Gasteiger partial charge in [-0.05, 0) is 6.92 Å². The van der Waals surface area contributed by atoms with Gasteiger partial charge in [-0.15, -0.1) is 0 Å². The van der Waals surface area contributed by atoms with Crippen molar-refractivity contribution in [1.82, 2.24) is 5.43 Å². The van der Waals surface area contributed by atoms with E-state index in [1.54, 1.807) is 6.92 Å². The maximum Gasteiger partial charge on any atom is 0.242 e. The van der Waals surface area contributed by atoms with Crippen LogP contribution in [0.5, 0.6) is 0 Å². The number of hydrogen-bond donors (Lipinski definition) is 2. The molecule has 0 atom stereocenters. The minimum atomic E-state index is -0.0854. The Bertz CT molecular complexity index is 163. The zero-order chi connectivity index (χ0) is 8.85. The average Bonchev–Trinajstić information content (AvgIpc) is 1.99. The molecule has 0 aliphatic carbocycles. The lowest BCUT2D eigenvalue weighted by Gasteiger charge is -2.02. The van der Waals surface area contributed by atoms with Crippen LogP contribution in [0.1, 0.15) is 20.8 Å². The second-order valence-electron chi connectivity index (χ2n) is 2.68. The number of amides is 1. The molecule has 4 nitrogen and oxygen atoms in total. The van der Waals surface area contributed by atoms with Gasteiger partial charge in [-0.3, -0.25) is 4.79 Å². The standard InChI is InChI=1S/C7H15N3O/c1-5(2)7(11)10-9-6(3)4-8/h5H,4,8H2,1-3H3,(H,10,11)/b9-6+. The number of carbonyl (C=O) groups is 1. The van der Waals surface area contributed by atoms with Crippen LogP contribution in [0.4, 0.5) is 0 Å².